The van der Waals surface area contributed by atoms with Crippen LogP contribution in [0.1, 0.15) is 43.5 Å². The molecule has 1 aliphatic rings. The highest BCUT2D eigenvalue weighted by atomic mass is 32.2. The molecule has 7 heteroatoms. The van der Waals surface area contributed by atoms with Crippen molar-refractivity contribution in [3.8, 4) is 0 Å². The minimum atomic E-state index is -3.64. The Balaban J connectivity index is 1.54. The van der Waals surface area contributed by atoms with Gasteiger partial charge in [0.25, 0.3) is 15.9 Å². The van der Waals surface area contributed by atoms with Crippen LogP contribution in [0, 0.1) is 5.92 Å². The lowest BCUT2D eigenvalue weighted by atomic mass is 9.99. The third-order valence-electron chi connectivity index (χ3n) is 5.85. The molecular formula is C24H33N3O3S. The van der Waals surface area contributed by atoms with E-state index in [1.807, 2.05) is 0 Å². The molecule has 0 aliphatic carbocycles. The van der Waals surface area contributed by atoms with Crippen molar-refractivity contribution in [1.29, 1.82) is 0 Å². The van der Waals surface area contributed by atoms with Gasteiger partial charge in [-0.05, 0) is 88.1 Å². The van der Waals surface area contributed by atoms with Crippen LogP contribution < -0.4 is 9.62 Å². The van der Waals surface area contributed by atoms with Crippen molar-refractivity contribution < 1.29 is 13.2 Å². The number of hydrogen-bond acceptors (Lipinski definition) is 4. The van der Waals surface area contributed by atoms with Crippen molar-refractivity contribution in [3.63, 3.8) is 0 Å². The van der Waals surface area contributed by atoms with Gasteiger partial charge in [-0.1, -0.05) is 25.1 Å². The first-order valence-corrected chi connectivity index (χ1v) is 12.5. The third kappa shape index (κ3) is 6.08. The first kappa shape index (κ1) is 23.3. The van der Waals surface area contributed by atoms with Crippen LogP contribution >= 0.6 is 0 Å². The van der Waals surface area contributed by atoms with Crippen LogP contribution in [0.4, 0.5) is 5.69 Å². The first-order chi connectivity index (χ1) is 14.9. The van der Waals surface area contributed by atoms with Crippen LogP contribution in [0.2, 0.25) is 0 Å². The summed E-state index contributed by atoms with van der Waals surface area (Å²) < 4.78 is 27.2. The predicted octanol–water partition coefficient (Wildman–Crippen LogP) is 3.75. The Morgan fingerprint density at radius 3 is 2.32 bits per heavy atom. The maximum absolute atomic E-state index is 12.9. The fraction of sp³-hybridized carbons (Fsp3) is 0.458. The summed E-state index contributed by atoms with van der Waals surface area (Å²) >= 11 is 0. The fourth-order valence-corrected chi connectivity index (χ4v) is 5.38. The molecule has 1 amide bonds. The Labute approximate surface area is 186 Å². The van der Waals surface area contributed by atoms with E-state index in [9.17, 15) is 13.2 Å². The molecule has 0 saturated carbocycles. The van der Waals surface area contributed by atoms with Gasteiger partial charge < -0.3 is 10.2 Å². The SMILES string of the molecule is CCN(c1ccc(C(=O)NCCCN2CCC(C)CC2)cc1)S(=O)(=O)c1ccccc1. The van der Waals surface area contributed by atoms with Gasteiger partial charge in [0.1, 0.15) is 0 Å². The van der Waals surface area contributed by atoms with Crippen molar-refractivity contribution in [2.45, 2.75) is 38.0 Å². The van der Waals surface area contributed by atoms with Crippen molar-refractivity contribution in [3.05, 3.63) is 60.2 Å². The number of nitrogens with one attached hydrogen (secondary N) is 1. The van der Waals surface area contributed by atoms with Crippen LogP contribution in [0.25, 0.3) is 0 Å². The molecule has 0 bridgehead atoms. The maximum Gasteiger partial charge on any atom is 0.264 e. The summed E-state index contributed by atoms with van der Waals surface area (Å²) in [6.07, 6.45) is 3.44. The van der Waals surface area contributed by atoms with E-state index in [-0.39, 0.29) is 10.8 Å². The molecule has 0 unspecified atom stereocenters. The summed E-state index contributed by atoms with van der Waals surface area (Å²) in [4.78, 5) is 15.2. The number of likely N-dealkylation sites (tertiary alicyclic amines) is 1. The van der Waals surface area contributed by atoms with E-state index in [1.54, 1.807) is 61.5 Å². The summed E-state index contributed by atoms with van der Waals surface area (Å²) in [5, 5.41) is 2.97. The van der Waals surface area contributed by atoms with Crippen LogP contribution in [0.5, 0.6) is 0 Å². The fourth-order valence-electron chi connectivity index (χ4n) is 3.88. The quantitative estimate of drug-likeness (QED) is 0.599. The second-order valence-corrected chi connectivity index (χ2v) is 10.0. The van der Waals surface area contributed by atoms with Gasteiger partial charge in [0.2, 0.25) is 0 Å². The van der Waals surface area contributed by atoms with Crippen LogP contribution in [0.3, 0.4) is 0 Å². The van der Waals surface area contributed by atoms with Crippen molar-refractivity contribution in [2.24, 2.45) is 5.92 Å². The second-order valence-electron chi connectivity index (χ2n) is 8.16. The molecule has 1 heterocycles. The van der Waals surface area contributed by atoms with Crippen LogP contribution in [-0.2, 0) is 10.0 Å². The summed E-state index contributed by atoms with van der Waals surface area (Å²) in [5.74, 6) is 0.693. The molecule has 2 aromatic rings. The molecule has 0 aromatic heterocycles. The number of anilines is 1. The highest BCUT2D eigenvalue weighted by Crippen LogP contribution is 2.23. The van der Waals surface area contributed by atoms with E-state index in [2.05, 4.69) is 17.1 Å². The zero-order valence-electron chi connectivity index (χ0n) is 18.5. The Bertz CT molecular complexity index is 938. The number of sulfonamides is 1. The van der Waals surface area contributed by atoms with E-state index in [4.69, 9.17) is 0 Å². The Morgan fingerprint density at radius 2 is 1.71 bits per heavy atom. The van der Waals surface area contributed by atoms with Gasteiger partial charge in [-0.2, -0.15) is 0 Å². The Kier molecular flexibility index (Phi) is 8.09. The number of nitrogens with zero attached hydrogens (tertiary/aromatic N) is 2. The van der Waals surface area contributed by atoms with E-state index in [1.165, 1.54) is 17.1 Å². The van der Waals surface area contributed by atoms with Gasteiger partial charge in [0, 0.05) is 18.7 Å². The Morgan fingerprint density at radius 1 is 1.06 bits per heavy atom. The minimum absolute atomic E-state index is 0.132. The average Bonchev–Trinajstić information content (AvgIpc) is 2.79. The maximum atomic E-state index is 12.9. The van der Waals surface area contributed by atoms with Crippen molar-refractivity contribution in [1.82, 2.24) is 10.2 Å². The number of hydrogen-bond donors (Lipinski definition) is 1. The zero-order valence-corrected chi connectivity index (χ0v) is 19.3. The summed E-state index contributed by atoms with van der Waals surface area (Å²) in [7, 11) is -3.64. The van der Waals surface area contributed by atoms with Gasteiger partial charge in [-0.25, -0.2) is 8.42 Å². The van der Waals surface area contributed by atoms with Gasteiger partial charge in [0.05, 0.1) is 10.6 Å². The first-order valence-electron chi connectivity index (χ1n) is 11.1. The smallest absolute Gasteiger partial charge is 0.264 e. The minimum Gasteiger partial charge on any atom is -0.352 e. The van der Waals surface area contributed by atoms with Gasteiger partial charge in [0.15, 0.2) is 0 Å². The second kappa shape index (κ2) is 10.8. The normalized spacial score (nSPS) is 15.5. The molecule has 168 valence electrons. The molecule has 3 rings (SSSR count). The highest BCUT2D eigenvalue weighted by Gasteiger charge is 2.23. The molecule has 1 aliphatic heterocycles. The van der Waals surface area contributed by atoms with Crippen molar-refractivity contribution in [2.75, 3.05) is 37.0 Å². The number of rotatable bonds is 9. The molecule has 31 heavy (non-hydrogen) atoms. The molecule has 6 nitrogen and oxygen atoms in total. The summed E-state index contributed by atoms with van der Waals surface area (Å²) in [5.41, 5.74) is 1.07. The zero-order chi connectivity index (χ0) is 22.3. The monoisotopic (exact) mass is 443 g/mol. The molecule has 1 saturated heterocycles. The number of amides is 1. The average molecular weight is 444 g/mol. The Hall–Kier alpha value is -2.38. The molecule has 0 radical (unpaired) electrons. The van der Waals surface area contributed by atoms with E-state index in [0.717, 1.165) is 32.0 Å². The van der Waals surface area contributed by atoms with E-state index < -0.39 is 10.0 Å². The molecule has 0 spiro atoms. The van der Waals surface area contributed by atoms with Gasteiger partial charge in [-0.3, -0.25) is 9.10 Å². The topological polar surface area (TPSA) is 69.7 Å². The van der Waals surface area contributed by atoms with Crippen LogP contribution in [-0.4, -0.2) is 51.9 Å². The molecule has 0 atom stereocenters. The molecule has 2 aromatic carbocycles. The lowest BCUT2D eigenvalue weighted by Crippen LogP contribution is -2.35. The summed E-state index contributed by atoms with van der Waals surface area (Å²) in [6.45, 7) is 8.35. The largest absolute Gasteiger partial charge is 0.352 e. The van der Waals surface area contributed by atoms with E-state index >= 15 is 0 Å². The van der Waals surface area contributed by atoms with Crippen molar-refractivity contribution >= 4 is 21.6 Å². The van der Waals surface area contributed by atoms with Crippen LogP contribution in [0.15, 0.2) is 59.5 Å². The van der Waals surface area contributed by atoms with E-state index in [0.29, 0.717) is 24.3 Å². The third-order valence-corrected chi connectivity index (χ3v) is 7.77. The molecular weight excluding hydrogens is 410 g/mol. The van der Waals surface area contributed by atoms with Gasteiger partial charge >= 0.3 is 0 Å². The number of carbonyl (C=O) groups is 1. The molecule has 1 N–H and O–H groups in total. The van der Waals surface area contributed by atoms with Gasteiger partial charge in [-0.15, -0.1) is 0 Å². The number of carbonyl (C=O) groups excluding carboxylic acids is 1. The highest BCUT2D eigenvalue weighted by molar-refractivity contribution is 7.92. The lowest BCUT2D eigenvalue weighted by molar-refractivity contribution is 0.0950. The number of piperidine rings is 1. The lowest BCUT2D eigenvalue weighted by Gasteiger charge is -2.30. The summed E-state index contributed by atoms with van der Waals surface area (Å²) in [6, 6.07) is 15.1. The predicted molar refractivity (Wildman–Crippen MR) is 125 cm³/mol. The number of benzene rings is 2. The standard InChI is InChI=1S/C24H33N3O3S/c1-3-27(31(29,30)23-8-5-4-6-9-23)22-12-10-21(11-13-22)24(28)25-16-7-17-26-18-14-20(2)15-19-26/h4-6,8-13,20H,3,7,14-19H2,1-2H3,(H,25,28). The molecule has 1 fully saturated rings.